The van der Waals surface area contributed by atoms with Gasteiger partial charge in [0.15, 0.2) is 23.0 Å². The Hall–Kier alpha value is -4.75. The summed E-state index contributed by atoms with van der Waals surface area (Å²) in [6, 6.07) is 11.7. The summed E-state index contributed by atoms with van der Waals surface area (Å²) < 4.78 is 35.4. The van der Waals surface area contributed by atoms with Crippen LogP contribution in [0.5, 0.6) is 11.5 Å². The van der Waals surface area contributed by atoms with Crippen molar-refractivity contribution in [1.82, 2.24) is 19.4 Å². The van der Waals surface area contributed by atoms with Crippen LogP contribution in [0.2, 0.25) is 0 Å². The Kier molecular flexibility index (Phi) is 7.29. The van der Waals surface area contributed by atoms with Gasteiger partial charge in [0.05, 0.1) is 24.8 Å². The molecule has 234 valence electrons. The number of hydrogen-bond donors (Lipinski definition) is 3. The van der Waals surface area contributed by atoms with Crippen LogP contribution in [-0.2, 0) is 23.6 Å². The van der Waals surface area contributed by atoms with Crippen molar-refractivity contribution in [2.75, 3.05) is 19.7 Å². The number of amides is 1. The lowest BCUT2D eigenvalue weighted by atomic mass is 9.88. The zero-order valence-corrected chi connectivity index (χ0v) is 24.8. The third-order valence-corrected chi connectivity index (χ3v) is 8.99. The van der Waals surface area contributed by atoms with E-state index >= 15 is 4.39 Å². The summed E-state index contributed by atoms with van der Waals surface area (Å²) in [5.41, 5.74) is 14.3. The van der Waals surface area contributed by atoms with E-state index in [2.05, 4.69) is 19.6 Å². The number of nitrogens with two attached hydrogens (primary N) is 2. The van der Waals surface area contributed by atoms with E-state index < -0.39 is 17.5 Å². The third kappa shape index (κ3) is 5.31. The number of halogens is 1. The van der Waals surface area contributed by atoms with Gasteiger partial charge >= 0.3 is 0 Å². The molecule has 1 amide bonds. The van der Waals surface area contributed by atoms with Crippen molar-refractivity contribution in [3.63, 3.8) is 0 Å². The number of primary amides is 1. The van der Waals surface area contributed by atoms with Gasteiger partial charge in [-0.3, -0.25) is 9.69 Å². The molecule has 13 heteroatoms. The van der Waals surface area contributed by atoms with Crippen molar-refractivity contribution < 1.29 is 28.6 Å². The second kappa shape index (κ2) is 11.3. The van der Waals surface area contributed by atoms with Crippen LogP contribution >= 0.6 is 0 Å². The highest BCUT2D eigenvalue weighted by molar-refractivity contribution is 5.98. The zero-order valence-electron chi connectivity index (χ0n) is 24.8. The summed E-state index contributed by atoms with van der Waals surface area (Å²) >= 11 is 0. The largest absolute Gasteiger partial charge is 0.444 e. The second-order valence-corrected chi connectivity index (χ2v) is 11.9. The van der Waals surface area contributed by atoms with Gasteiger partial charge in [-0.15, -0.1) is 0 Å². The number of carbonyl (C=O) groups excluding carboxylic acids is 1. The minimum Gasteiger partial charge on any atom is -0.444 e. The lowest BCUT2D eigenvalue weighted by molar-refractivity contribution is -0.0712. The van der Waals surface area contributed by atoms with Crippen molar-refractivity contribution in [2.24, 2.45) is 16.6 Å². The van der Waals surface area contributed by atoms with Crippen molar-refractivity contribution >= 4 is 22.9 Å². The summed E-state index contributed by atoms with van der Waals surface area (Å²) in [6.45, 7) is 5.40. The minimum absolute atomic E-state index is 0.0156. The maximum atomic E-state index is 15.1. The number of benzene rings is 2. The van der Waals surface area contributed by atoms with Gasteiger partial charge in [-0.1, -0.05) is 17.3 Å². The molecular weight excluding hydrogens is 581 g/mol. The number of hydrogen-bond acceptors (Lipinski definition) is 9. The highest BCUT2D eigenvalue weighted by Gasteiger charge is 2.43. The van der Waals surface area contributed by atoms with E-state index in [-0.39, 0.29) is 29.0 Å². The fourth-order valence-corrected chi connectivity index (χ4v) is 6.42. The molecule has 0 radical (unpaired) electrons. The zero-order chi connectivity index (χ0) is 31.3. The molecule has 0 aliphatic carbocycles. The standard InChI is InChI=1S/C32H34FN7O5/c1-32(23-6-5-19(30(35)41)13-24(23)33)44-26-4-2-3-22(28(26)45-32)18-7-10-39(11-8-18)17-27-37-25-14-20(29(34)38-42)15-36-31(25)40(27)16-21-9-12-43-21/h2-6,13-15,18,21,42H,7-12,16-17H2,1H3,(H2,34,38)(H2,35,41). The van der Waals surface area contributed by atoms with Gasteiger partial charge in [0.25, 0.3) is 5.79 Å². The van der Waals surface area contributed by atoms with E-state index in [1.165, 1.54) is 12.1 Å². The molecule has 0 spiro atoms. The number of nitrogens with zero attached hydrogens (tertiary/aromatic N) is 5. The fourth-order valence-electron chi connectivity index (χ4n) is 6.42. The average Bonchev–Trinajstić information content (AvgIpc) is 3.54. The van der Waals surface area contributed by atoms with E-state index in [0.29, 0.717) is 35.7 Å². The van der Waals surface area contributed by atoms with Crippen LogP contribution in [-0.4, -0.2) is 62.2 Å². The molecule has 5 heterocycles. The Labute approximate surface area is 258 Å². The Morgan fingerprint density at radius 1 is 1.13 bits per heavy atom. The Morgan fingerprint density at radius 2 is 1.93 bits per heavy atom. The van der Waals surface area contributed by atoms with Gasteiger partial charge in [-0.25, -0.2) is 14.4 Å². The van der Waals surface area contributed by atoms with Gasteiger partial charge in [-0.2, -0.15) is 0 Å². The first-order valence-corrected chi connectivity index (χ1v) is 15.0. The summed E-state index contributed by atoms with van der Waals surface area (Å²) in [5.74, 6) is -0.444. The van der Waals surface area contributed by atoms with Crippen molar-refractivity contribution in [1.29, 1.82) is 0 Å². The first-order chi connectivity index (χ1) is 21.7. The lowest BCUT2D eigenvalue weighted by Gasteiger charge is -2.33. The van der Waals surface area contributed by atoms with Gasteiger partial charge in [-0.05, 0) is 68.6 Å². The first kappa shape index (κ1) is 29.0. The molecule has 2 unspecified atom stereocenters. The molecule has 45 heavy (non-hydrogen) atoms. The number of fused-ring (bicyclic) bond motifs is 2. The molecule has 0 bridgehead atoms. The highest BCUT2D eigenvalue weighted by Crippen LogP contribution is 2.49. The number of para-hydroxylation sites is 1. The summed E-state index contributed by atoms with van der Waals surface area (Å²) in [6.07, 6.45) is 4.47. The molecule has 12 nitrogen and oxygen atoms in total. The number of imidazole rings is 1. The minimum atomic E-state index is -1.38. The Balaban J connectivity index is 1.07. The highest BCUT2D eigenvalue weighted by atomic mass is 19.1. The predicted octanol–water partition coefficient (Wildman–Crippen LogP) is 3.58. The van der Waals surface area contributed by atoms with E-state index in [1.807, 2.05) is 18.2 Å². The molecule has 3 aliphatic rings. The molecular formula is C32H34FN7O5. The van der Waals surface area contributed by atoms with E-state index in [4.69, 9.17) is 35.9 Å². The number of amidine groups is 1. The van der Waals surface area contributed by atoms with Crippen LogP contribution in [0.3, 0.4) is 0 Å². The summed E-state index contributed by atoms with van der Waals surface area (Å²) in [5, 5.41) is 12.2. The monoisotopic (exact) mass is 615 g/mol. The second-order valence-electron chi connectivity index (χ2n) is 11.9. The molecule has 2 fully saturated rings. The molecule has 2 saturated heterocycles. The van der Waals surface area contributed by atoms with Crippen molar-refractivity contribution in [3.8, 4) is 11.5 Å². The number of piperidine rings is 1. The predicted molar refractivity (Wildman–Crippen MR) is 162 cm³/mol. The SMILES string of the molecule is CC1(c2ccc(C(N)=O)cc2F)Oc2cccc(C3CCN(Cc4nc5cc(C(N)=NO)cnc5n4CC4CCO4)CC3)c2O1. The number of likely N-dealkylation sites (tertiary alicyclic amines) is 1. The summed E-state index contributed by atoms with van der Waals surface area (Å²) in [4.78, 5) is 23.4. The van der Waals surface area contributed by atoms with Crippen LogP contribution in [0.25, 0.3) is 11.2 Å². The molecule has 3 aliphatic heterocycles. The normalized spacial score (nSPS) is 22.1. The maximum absolute atomic E-state index is 15.1. The number of ether oxygens (including phenoxy) is 3. The third-order valence-electron chi connectivity index (χ3n) is 8.99. The van der Waals surface area contributed by atoms with Crippen LogP contribution in [0.1, 0.15) is 65.0 Å². The van der Waals surface area contributed by atoms with Crippen molar-refractivity contribution in [2.45, 2.75) is 57.1 Å². The lowest BCUT2D eigenvalue weighted by Crippen LogP contribution is -2.35. The van der Waals surface area contributed by atoms with Gasteiger partial charge < -0.3 is 35.5 Å². The maximum Gasteiger partial charge on any atom is 0.278 e. The molecule has 7 rings (SSSR count). The number of carbonyl (C=O) groups is 1. The Morgan fingerprint density at radius 3 is 2.62 bits per heavy atom. The van der Waals surface area contributed by atoms with Gasteiger partial charge in [0, 0.05) is 36.4 Å². The van der Waals surface area contributed by atoms with E-state index in [9.17, 15) is 4.79 Å². The molecule has 2 aromatic carbocycles. The first-order valence-electron chi connectivity index (χ1n) is 15.0. The number of oxime groups is 1. The fraction of sp³-hybridized carbons (Fsp3) is 0.375. The quantitative estimate of drug-likeness (QED) is 0.116. The molecule has 4 aromatic rings. The number of aromatic nitrogens is 3. The van der Waals surface area contributed by atoms with Crippen molar-refractivity contribution in [3.05, 3.63) is 82.6 Å². The smallest absolute Gasteiger partial charge is 0.278 e. The average molecular weight is 616 g/mol. The molecule has 2 aromatic heterocycles. The van der Waals surface area contributed by atoms with E-state index in [0.717, 1.165) is 62.1 Å². The van der Waals surface area contributed by atoms with Gasteiger partial charge in [0.1, 0.15) is 17.2 Å². The van der Waals surface area contributed by atoms with E-state index in [1.54, 1.807) is 19.2 Å². The number of pyridine rings is 1. The topological polar surface area (TPSA) is 163 Å². The molecule has 5 N–H and O–H groups in total. The van der Waals surface area contributed by atoms with Crippen LogP contribution < -0.4 is 20.9 Å². The summed E-state index contributed by atoms with van der Waals surface area (Å²) in [7, 11) is 0. The van der Waals surface area contributed by atoms with Crippen LogP contribution in [0.15, 0.2) is 53.8 Å². The van der Waals surface area contributed by atoms with Crippen LogP contribution in [0, 0.1) is 5.82 Å². The van der Waals surface area contributed by atoms with Crippen LogP contribution in [0.4, 0.5) is 4.39 Å². The molecule has 2 atom stereocenters. The Bertz CT molecular complexity index is 1820. The molecule has 0 saturated carbocycles. The van der Waals surface area contributed by atoms with Gasteiger partial charge in [0.2, 0.25) is 5.91 Å². The number of rotatable bonds is 8.